The Bertz CT molecular complexity index is 597. The van der Waals surface area contributed by atoms with Gasteiger partial charge in [0.05, 0.1) is 10.0 Å². The summed E-state index contributed by atoms with van der Waals surface area (Å²) in [5.74, 6) is 0.495. The van der Waals surface area contributed by atoms with Crippen LogP contribution in [0.1, 0.15) is 23.7 Å². The van der Waals surface area contributed by atoms with E-state index in [1.807, 2.05) is 25.1 Å². The van der Waals surface area contributed by atoms with E-state index in [4.69, 9.17) is 27.9 Å². The van der Waals surface area contributed by atoms with Gasteiger partial charge in [0, 0.05) is 11.6 Å². The molecule has 0 aliphatic rings. The average molecular weight is 309 g/mol. The summed E-state index contributed by atoms with van der Waals surface area (Å²) in [4.78, 5) is 12.3. The van der Waals surface area contributed by atoms with Gasteiger partial charge < -0.3 is 4.74 Å². The predicted octanol–water partition coefficient (Wildman–Crippen LogP) is 5.03. The van der Waals surface area contributed by atoms with Gasteiger partial charge in [-0.2, -0.15) is 0 Å². The Hall–Kier alpha value is -1.51. The molecule has 2 rings (SSSR count). The summed E-state index contributed by atoms with van der Waals surface area (Å²) in [5.41, 5.74) is 0.638. The average Bonchev–Trinajstić information content (AvgIpc) is 2.48. The number of Topliss-reactive ketones (excluding diaryl/α,β-unsaturated/α-hetero) is 1. The zero-order valence-electron chi connectivity index (χ0n) is 11.0. The van der Waals surface area contributed by atoms with Gasteiger partial charge in [0.25, 0.3) is 0 Å². The third-order valence-corrected chi connectivity index (χ3v) is 3.63. The highest BCUT2D eigenvalue weighted by molar-refractivity contribution is 6.42. The second kappa shape index (κ2) is 6.78. The molecule has 0 bridgehead atoms. The van der Waals surface area contributed by atoms with Gasteiger partial charge in [-0.25, -0.2) is 0 Å². The molecule has 20 heavy (non-hydrogen) atoms. The maximum absolute atomic E-state index is 12.3. The highest BCUT2D eigenvalue weighted by atomic mass is 35.5. The van der Waals surface area contributed by atoms with Gasteiger partial charge in [-0.3, -0.25) is 4.79 Å². The highest BCUT2D eigenvalue weighted by Gasteiger charge is 2.20. The molecule has 0 amide bonds. The predicted molar refractivity (Wildman–Crippen MR) is 81.9 cm³/mol. The number of benzene rings is 2. The third-order valence-electron chi connectivity index (χ3n) is 2.89. The van der Waals surface area contributed by atoms with Crippen LogP contribution in [0.25, 0.3) is 0 Å². The lowest BCUT2D eigenvalue weighted by molar-refractivity contribution is 0.0786. The molecule has 1 atom stereocenters. The second-order valence-corrected chi connectivity index (χ2v) is 5.14. The van der Waals surface area contributed by atoms with Crippen LogP contribution >= 0.6 is 23.2 Å². The Labute approximate surface area is 128 Å². The Kier molecular flexibility index (Phi) is 5.05. The molecule has 0 aliphatic heterocycles. The Morgan fingerprint density at radius 1 is 1.10 bits per heavy atom. The monoisotopic (exact) mass is 308 g/mol. The molecule has 2 aromatic carbocycles. The van der Waals surface area contributed by atoms with Crippen LogP contribution in [0.15, 0.2) is 48.5 Å². The molecule has 2 nitrogen and oxygen atoms in total. The molecule has 0 heterocycles. The third kappa shape index (κ3) is 3.53. The molecule has 0 saturated carbocycles. The van der Waals surface area contributed by atoms with E-state index in [0.717, 1.165) is 0 Å². The quantitative estimate of drug-likeness (QED) is 0.724. The van der Waals surface area contributed by atoms with E-state index in [9.17, 15) is 4.79 Å². The molecule has 0 spiro atoms. The molecule has 0 N–H and O–H groups in total. The molecule has 0 radical (unpaired) electrons. The molecule has 0 fully saturated rings. The van der Waals surface area contributed by atoms with E-state index in [1.165, 1.54) is 0 Å². The number of hydrogen-bond acceptors (Lipinski definition) is 2. The van der Waals surface area contributed by atoms with E-state index < -0.39 is 6.10 Å². The molecule has 2 aromatic rings. The summed E-state index contributed by atoms with van der Waals surface area (Å²) >= 11 is 11.8. The first-order valence-corrected chi connectivity index (χ1v) is 7.08. The lowest BCUT2D eigenvalue weighted by Gasteiger charge is -2.17. The van der Waals surface area contributed by atoms with Crippen molar-refractivity contribution in [2.45, 2.75) is 19.4 Å². The van der Waals surface area contributed by atoms with Crippen LogP contribution in [0.2, 0.25) is 10.0 Å². The van der Waals surface area contributed by atoms with Crippen LogP contribution in [-0.2, 0) is 0 Å². The van der Waals surface area contributed by atoms with E-state index in [0.29, 0.717) is 27.8 Å². The number of carbonyl (C=O) groups excluding carboxylic acids is 1. The van der Waals surface area contributed by atoms with E-state index >= 15 is 0 Å². The number of ether oxygens (including phenoxy) is 1. The molecular formula is C16H14Cl2O2. The number of rotatable bonds is 5. The normalized spacial score (nSPS) is 11.9. The van der Waals surface area contributed by atoms with Crippen molar-refractivity contribution >= 4 is 29.0 Å². The zero-order chi connectivity index (χ0) is 14.5. The van der Waals surface area contributed by atoms with Crippen LogP contribution in [0.4, 0.5) is 0 Å². The van der Waals surface area contributed by atoms with Crippen LogP contribution in [0, 0.1) is 0 Å². The van der Waals surface area contributed by atoms with Crippen LogP contribution in [0.5, 0.6) is 5.75 Å². The Morgan fingerprint density at radius 2 is 1.80 bits per heavy atom. The van der Waals surface area contributed by atoms with Crippen molar-refractivity contribution in [1.82, 2.24) is 0 Å². The lowest BCUT2D eigenvalue weighted by Crippen LogP contribution is -2.26. The van der Waals surface area contributed by atoms with Crippen molar-refractivity contribution in [3.8, 4) is 5.75 Å². The fraction of sp³-hybridized carbons (Fsp3) is 0.188. The fourth-order valence-corrected chi connectivity index (χ4v) is 2.11. The summed E-state index contributed by atoms with van der Waals surface area (Å²) in [6, 6.07) is 14.1. The largest absolute Gasteiger partial charge is 0.482 e. The number of carbonyl (C=O) groups is 1. The summed E-state index contributed by atoms with van der Waals surface area (Å²) in [5, 5.41) is 0.868. The minimum atomic E-state index is -0.533. The first-order chi connectivity index (χ1) is 9.61. The zero-order valence-corrected chi connectivity index (χ0v) is 12.5. The van der Waals surface area contributed by atoms with Gasteiger partial charge in [-0.05, 0) is 18.6 Å². The molecule has 0 saturated heterocycles. The number of ketones is 1. The van der Waals surface area contributed by atoms with Crippen LogP contribution < -0.4 is 4.74 Å². The lowest BCUT2D eigenvalue weighted by atomic mass is 10.0. The van der Waals surface area contributed by atoms with Crippen molar-refractivity contribution in [3.05, 3.63) is 64.1 Å². The maximum Gasteiger partial charge on any atom is 0.203 e. The topological polar surface area (TPSA) is 26.3 Å². The maximum atomic E-state index is 12.3. The number of hydrogen-bond donors (Lipinski definition) is 0. The SMILES string of the molecule is CCC(Oc1ccc(Cl)c(Cl)c1)C(=O)c1ccccc1. The van der Waals surface area contributed by atoms with Crippen molar-refractivity contribution in [3.63, 3.8) is 0 Å². The molecule has 1 unspecified atom stereocenters. The van der Waals surface area contributed by atoms with Crippen molar-refractivity contribution < 1.29 is 9.53 Å². The molecule has 104 valence electrons. The van der Waals surface area contributed by atoms with Gasteiger partial charge in [0.1, 0.15) is 5.75 Å². The van der Waals surface area contributed by atoms with Crippen molar-refractivity contribution in [2.24, 2.45) is 0 Å². The van der Waals surface area contributed by atoms with Crippen molar-refractivity contribution in [2.75, 3.05) is 0 Å². The second-order valence-electron chi connectivity index (χ2n) is 4.32. The van der Waals surface area contributed by atoms with Gasteiger partial charge >= 0.3 is 0 Å². The van der Waals surface area contributed by atoms with Gasteiger partial charge in [0.15, 0.2) is 6.10 Å². The smallest absolute Gasteiger partial charge is 0.203 e. The highest BCUT2D eigenvalue weighted by Crippen LogP contribution is 2.27. The number of halogens is 2. The summed E-state index contributed by atoms with van der Waals surface area (Å²) in [6.45, 7) is 1.91. The van der Waals surface area contributed by atoms with E-state index in [-0.39, 0.29) is 5.78 Å². The van der Waals surface area contributed by atoms with Gasteiger partial charge in [0.2, 0.25) is 5.78 Å². The minimum Gasteiger partial charge on any atom is -0.482 e. The van der Waals surface area contributed by atoms with E-state index in [2.05, 4.69) is 0 Å². The van der Waals surface area contributed by atoms with Crippen molar-refractivity contribution in [1.29, 1.82) is 0 Å². The summed E-state index contributed by atoms with van der Waals surface area (Å²) < 4.78 is 5.72. The van der Waals surface area contributed by atoms with Crippen LogP contribution in [0.3, 0.4) is 0 Å². The molecule has 0 aliphatic carbocycles. The standard InChI is InChI=1S/C16H14Cl2O2/c1-2-15(16(19)11-6-4-3-5-7-11)20-12-8-9-13(17)14(18)10-12/h3-10,15H,2H2,1H3. The molecule has 4 heteroatoms. The Balaban J connectivity index is 2.16. The first-order valence-electron chi connectivity index (χ1n) is 6.32. The molecule has 0 aromatic heterocycles. The minimum absolute atomic E-state index is 0.0424. The van der Waals surface area contributed by atoms with Crippen LogP contribution in [-0.4, -0.2) is 11.9 Å². The first kappa shape index (κ1) is 14.9. The summed E-state index contributed by atoms with van der Waals surface area (Å²) in [7, 11) is 0. The fourth-order valence-electron chi connectivity index (χ4n) is 1.82. The molecular weight excluding hydrogens is 295 g/mol. The van der Waals surface area contributed by atoms with Gasteiger partial charge in [-0.15, -0.1) is 0 Å². The Morgan fingerprint density at radius 3 is 2.40 bits per heavy atom. The van der Waals surface area contributed by atoms with E-state index in [1.54, 1.807) is 30.3 Å². The van der Waals surface area contributed by atoms with Gasteiger partial charge in [-0.1, -0.05) is 60.5 Å². The summed E-state index contributed by atoms with van der Waals surface area (Å²) in [6.07, 6.45) is 0.0446.